The lowest BCUT2D eigenvalue weighted by Gasteiger charge is -2.47. The van der Waals surface area contributed by atoms with Crippen molar-refractivity contribution in [3.05, 3.63) is 22.2 Å². The summed E-state index contributed by atoms with van der Waals surface area (Å²) in [5.41, 5.74) is 1.09. The van der Waals surface area contributed by atoms with E-state index in [0.717, 1.165) is 38.8 Å². The fourth-order valence-electron chi connectivity index (χ4n) is 6.64. The molecule has 2 N–H and O–H groups in total. The number of benzene rings is 1. The molecule has 1 aromatic rings. The minimum absolute atomic E-state index is 0.0286. The van der Waals surface area contributed by atoms with E-state index >= 15 is 0 Å². The van der Waals surface area contributed by atoms with Crippen LogP contribution in [0.25, 0.3) is 0 Å². The fraction of sp³-hybridized carbons (Fsp3) is 0.724. The van der Waals surface area contributed by atoms with Crippen LogP contribution in [-0.2, 0) is 9.53 Å². The van der Waals surface area contributed by atoms with Gasteiger partial charge in [0.1, 0.15) is 0 Å². The number of piperidine rings is 1. The van der Waals surface area contributed by atoms with Crippen molar-refractivity contribution in [1.82, 2.24) is 15.5 Å². The predicted molar refractivity (Wildman–Crippen MR) is 149 cm³/mol. The molecule has 5 aliphatic rings. The van der Waals surface area contributed by atoms with Crippen molar-refractivity contribution in [2.45, 2.75) is 101 Å². The Balaban J connectivity index is 1.06. The van der Waals surface area contributed by atoms with Gasteiger partial charge in [-0.3, -0.25) is 14.5 Å². The van der Waals surface area contributed by atoms with E-state index in [4.69, 9.17) is 37.4 Å². The highest BCUT2D eigenvalue weighted by molar-refractivity contribution is 6.33. The third kappa shape index (κ3) is 5.46. The second-order valence-corrected chi connectivity index (χ2v) is 13.3. The minimum atomic E-state index is -0.827. The van der Waals surface area contributed by atoms with Gasteiger partial charge in [0.05, 0.1) is 23.1 Å². The SMILES string of the molecule is Cc1c(C(=O)NCC2C(=O)NC(C)CC2Cl)cc(Cl)c2c1OC(C)(C1CCC(N3CC(OC4CC4)C3)CC1)O2. The molecule has 2 aliphatic carbocycles. The van der Waals surface area contributed by atoms with Crippen molar-refractivity contribution in [1.29, 1.82) is 0 Å². The normalized spacial score (nSPS) is 34.9. The van der Waals surface area contributed by atoms with Gasteiger partial charge < -0.3 is 24.8 Å². The summed E-state index contributed by atoms with van der Waals surface area (Å²) >= 11 is 13.1. The zero-order valence-corrected chi connectivity index (χ0v) is 24.4. The van der Waals surface area contributed by atoms with Gasteiger partial charge >= 0.3 is 0 Å². The number of halogens is 2. The second-order valence-electron chi connectivity index (χ2n) is 12.3. The zero-order valence-electron chi connectivity index (χ0n) is 22.9. The summed E-state index contributed by atoms with van der Waals surface area (Å²) in [5, 5.41) is 5.80. The van der Waals surface area contributed by atoms with Gasteiger partial charge in [0.2, 0.25) is 5.91 Å². The number of ether oxygens (including phenoxy) is 3. The number of carbonyl (C=O) groups excluding carboxylic acids is 2. The molecule has 2 amide bonds. The fourth-order valence-corrected chi connectivity index (χ4v) is 7.34. The molecule has 214 valence electrons. The number of nitrogens with zero attached hydrogens (tertiary/aromatic N) is 1. The number of amides is 2. The van der Waals surface area contributed by atoms with Crippen LogP contribution in [0.4, 0.5) is 0 Å². The molecule has 3 heterocycles. The first-order chi connectivity index (χ1) is 18.6. The lowest BCUT2D eigenvalue weighted by atomic mass is 9.80. The third-order valence-electron chi connectivity index (χ3n) is 9.26. The lowest BCUT2D eigenvalue weighted by Crippen LogP contribution is -2.58. The number of rotatable bonds is 7. The van der Waals surface area contributed by atoms with Gasteiger partial charge in [-0.05, 0) is 64.9 Å². The zero-order chi connectivity index (χ0) is 27.5. The summed E-state index contributed by atoms with van der Waals surface area (Å²) in [4.78, 5) is 28.1. The topological polar surface area (TPSA) is 89.1 Å². The summed E-state index contributed by atoms with van der Waals surface area (Å²) in [5.74, 6) is -0.515. The summed E-state index contributed by atoms with van der Waals surface area (Å²) in [6.45, 7) is 8.02. The lowest BCUT2D eigenvalue weighted by molar-refractivity contribution is -0.133. The van der Waals surface area contributed by atoms with E-state index in [9.17, 15) is 9.59 Å². The van der Waals surface area contributed by atoms with Crippen LogP contribution in [0, 0.1) is 18.8 Å². The molecule has 4 unspecified atom stereocenters. The maximum absolute atomic E-state index is 13.2. The first-order valence-corrected chi connectivity index (χ1v) is 15.3. The first-order valence-electron chi connectivity index (χ1n) is 14.4. The monoisotopic (exact) mass is 579 g/mol. The molecule has 2 saturated carbocycles. The Morgan fingerprint density at radius 2 is 1.85 bits per heavy atom. The van der Waals surface area contributed by atoms with Crippen LogP contribution in [0.15, 0.2) is 6.07 Å². The number of carbonyl (C=O) groups is 2. The van der Waals surface area contributed by atoms with E-state index in [1.807, 2.05) is 20.8 Å². The van der Waals surface area contributed by atoms with Crippen molar-refractivity contribution in [3.8, 4) is 11.5 Å². The number of likely N-dealkylation sites (tertiary alicyclic amines) is 1. The average Bonchev–Trinajstić information content (AvgIpc) is 3.61. The standard InChI is InChI=1S/C29H39Cl2N3O5/c1-15-10-23(30)22(28(36)33-15)12-32-27(35)21-11-24(31)26-25(16(21)2)38-29(3,39-26)17-4-6-18(7-5-17)34-13-20(14-34)37-19-8-9-19/h11,15,17-20,22-23H,4-10,12-14H2,1-3H3,(H,32,35)(H,33,36). The summed E-state index contributed by atoms with van der Waals surface area (Å²) in [6.07, 6.45) is 8.28. The molecule has 10 heteroatoms. The van der Waals surface area contributed by atoms with Gasteiger partial charge in [0.15, 0.2) is 11.5 Å². The molecule has 1 aromatic carbocycles. The van der Waals surface area contributed by atoms with Gasteiger partial charge in [-0.1, -0.05) is 11.6 Å². The Hall–Kier alpha value is -1.74. The van der Waals surface area contributed by atoms with Crippen LogP contribution < -0.4 is 20.1 Å². The van der Waals surface area contributed by atoms with Crippen LogP contribution in [0.1, 0.15) is 74.7 Å². The van der Waals surface area contributed by atoms with E-state index in [-0.39, 0.29) is 35.7 Å². The van der Waals surface area contributed by atoms with E-state index in [0.29, 0.717) is 52.3 Å². The van der Waals surface area contributed by atoms with E-state index in [1.165, 1.54) is 12.8 Å². The van der Waals surface area contributed by atoms with Crippen LogP contribution in [-0.4, -0.2) is 71.8 Å². The average molecular weight is 581 g/mol. The number of nitrogens with one attached hydrogen (secondary N) is 2. The van der Waals surface area contributed by atoms with Crippen LogP contribution in [0.2, 0.25) is 5.02 Å². The number of alkyl halides is 1. The Labute approximate surface area is 240 Å². The second kappa shape index (κ2) is 10.6. The van der Waals surface area contributed by atoms with Crippen LogP contribution in [0.5, 0.6) is 11.5 Å². The Bertz CT molecular complexity index is 1130. The first kappa shape index (κ1) is 27.4. The molecule has 6 rings (SSSR count). The molecular formula is C29H39Cl2N3O5. The molecule has 4 fully saturated rings. The molecule has 0 aromatic heterocycles. The maximum Gasteiger partial charge on any atom is 0.251 e. The summed E-state index contributed by atoms with van der Waals surface area (Å²) < 4.78 is 18.9. The largest absolute Gasteiger partial charge is 0.448 e. The molecule has 4 atom stereocenters. The van der Waals surface area contributed by atoms with Gasteiger partial charge in [-0.15, -0.1) is 11.6 Å². The summed E-state index contributed by atoms with van der Waals surface area (Å²) in [6, 6.07) is 2.25. The molecule has 2 saturated heterocycles. The van der Waals surface area contributed by atoms with Crippen molar-refractivity contribution in [2.75, 3.05) is 19.6 Å². The van der Waals surface area contributed by atoms with E-state index in [1.54, 1.807) is 6.07 Å². The van der Waals surface area contributed by atoms with Crippen LogP contribution >= 0.6 is 23.2 Å². The van der Waals surface area contributed by atoms with Crippen molar-refractivity contribution in [2.24, 2.45) is 11.8 Å². The van der Waals surface area contributed by atoms with Gasteiger partial charge in [-0.25, -0.2) is 0 Å². The highest BCUT2D eigenvalue weighted by atomic mass is 35.5. The highest BCUT2D eigenvalue weighted by Gasteiger charge is 2.49. The third-order valence-corrected chi connectivity index (χ3v) is 10.0. The van der Waals surface area contributed by atoms with E-state index < -0.39 is 11.7 Å². The number of hydrogen-bond donors (Lipinski definition) is 2. The molecule has 3 aliphatic heterocycles. The van der Waals surface area contributed by atoms with Crippen molar-refractivity contribution >= 4 is 35.0 Å². The smallest absolute Gasteiger partial charge is 0.251 e. The summed E-state index contributed by atoms with van der Waals surface area (Å²) in [7, 11) is 0. The Morgan fingerprint density at radius 1 is 1.15 bits per heavy atom. The predicted octanol–water partition coefficient (Wildman–Crippen LogP) is 4.42. The van der Waals surface area contributed by atoms with E-state index in [2.05, 4.69) is 15.5 Å². The number of hydrogen-bond acceptors (Lipinski definition) is 6. The molecular weight excluding hydrogens is 541 g/mol. The molecule has 0 bridgehead atoms. The maximum atomic E-state index is 13.2. The van der Waals surface area contributed by atoms with Crippen molar-refractivity contribution < 1.29 is 23.8 Å². The molecule has 0 radical (unpaired) electrons. The highest BCUT2D eigenvalue weighted by Crippen LogP contribution is 2.52. The Kier molecular flexibility index (Phi) is 7.45. The van der Waals surface area contributed by atoms with Crippen molar-refractivity contribution in [3.63, 3.8) is 0 Å². The van der Waals surface area contributed by atoms with Gasteiger partial charge in [0.25, 0.3) is 11.7 Å². The number of fused-ring (bicyclic) bond motifs is 1. The van der Waals surface area contributed by atoms with Gasteiger partial charge in [-0.2, -0.15) is 0 Å². The molecule has 39 heavy (non-hydrogen) atoms. The molecule has 0 spiro atoms. The van der Waals surface area contributed by atoms with Gasteiger partial charge in [0, 0.05) is 61.1 Å². The minimum Gasteiger partial charge on any atom is -0.448 e. The Morgan fingerprint density at radius 3 is 2.51 bits per heavy atom. The van der Waals surface area contributed by atoms with Crippen LogP contribution in [0.3, 0.4) is 0 Å². The quantitative estimate of drug-likeness (QED) is 0.465. The molecule has 8 nitrogen and oxygen atoms in total.